The smallest absolute Gasteiger partial charge is 0.262 e. The van der Waals surface area contributed by atoms with Crippen LogP contribution in [0.4, 0.5) is 5.69 Å². The summed E-state index contributed by atoms with van der Waals surface area (Å²) in [5, 5.41) is 2.79. The summed E-state index contributed by atoms with van der Waals surface area (Å²) in [5.74, 6) is 1.05. The SMILES string of the molecule is O=C(COc1ccc(Br)cc1)Nc1cccc(-c2cnco2)c1. The van der Waals surface area contributed by atoms with E-state index in [2.05, 4.69) is 26.2 Å². The predicted octanol–water partition coefficient (Wildman–Crippen LogP) is 4.12. The van der Waals surface area contributed by atoms with E-state index in [-0.39, 0.29) is 12.5 Å². The third-order valence-electron chi connectivity index (χ3n) is 3.05. The zero-order chi connectivity index (χ0) is 16.1. The molecule has 0 aliphatic heterocycles. The van der Waals surface area contributed by atoms with Crippen LogP contribution in [-0.2, 0) is 4.79 Å². The fourth-order valence-corrected chi connectivity index (χ4v) is 2.25. The van der Waals surface area contributed by atoms with E-state index in [9.17, 15) is 4.79 Å². The van der Waals surface area contributed by atoms with E-state index in [1.165, 1.54) is 6.39 Å². The maximum atomic E-state index is 12.0. The molecular formula is C17H13BrN2O3. The van der Waals surface area contributed by atoms with Crippen LogP contribution in [0.25, 0.3) is 11.3 Å². The molecule has 0 unspecified atom stereocenters. The number of hydrogen-bond donors (Lipinski definition) is 1. The second-order valence-electron chi connectivity index (χ2n) is 4.74. The number of nitrogens with zero attached hydrogens (tertiary/aromatic N) is 1. The van der Waals surface area contributed by atoms with E-state index in [1.807, 2.05) is 30.3 Å². The second-order valence-corrected chi connectivity index (χ2v) is 5.65. The molecule has 0 saturated carbocycles. The van der Waals surface area contributed by atoms with Crippen LogP contribution in [0.3, 0.4) is 0 Å². The number of rotatable bonds is 5. The van der Waals surface area contributed by atoms with Crippen molar-refractivity contribution < 1.29 is 13.9 Å². The molecule has 0 radical (unpaired) electrons. The van der Waals surface area contributed by atoms with Crippen molar-refractivity contribution in [1.82, 2.24) is 4.98 Å². The number of amides is 1. The average molecular weight is 373 g/mol. The summed E-state index contributed by atoms with van der Waals surface area (Å²) in [4.78, 5) is 15.9. The minimum Gasteiger partial charge on any atom is -0.484 e. The Balaban J connectivity index is 1.59. The van der Waals surface area contributed by atoms with Crippen LogP contribution >= 0.6 is 15.9 Å². The summed E-state index contributed by atoms with van der Waals surface area (Å²) in [6.07, 6.45) is 2.99. The Morgan fingerprint density at radius 3 is 2.78 bits per heavy atom. The van der Waals surface area contributed by atoms with Crippen LogP contribution in [0.1, 0.15) is 0 Å². The van der Waals surface area contributed by atoms with E-state index in [1.54, 1.807) is 24.4 Å². The first kappa shape index (κ1) is 15.3. The van der Waals surface area contributed by atoms with Crippen molar-refractivity contribution in [2.75, 3.05) is 11.9 Å². The highest BCUT2D eigenvalue weighted by atomic mass is 79.9. The molecule has 2 aromatic carbocycles. The Morgan fingerprint density at radius 2 is 2.04 bits per heavy atom. The van der Waals surface area contributed by atoms with Gasteiger partial charge in [-0.2, -0.15) is 0 Å². The fourth-order valence-electron chi connectivity index (χ4n) is 1.99. The third kappa shape index (κ3) is 4.20. The number of anilines is 1. The molecule has 0 saturated heterocycles. The third-order valence-corrected chi connectivity index (χ3v) is 3.58. The number of benzene rings is 2. The number of carbonyl (C=O) groups excluding carboxylic acids is 1. The number of nitrogens with one attached hydrogen (secondary N) is 1. The van der Waals surface area contributed by atoms with Crippen LogP contribution in [0.15, 0.2) is 70.0 Å². The van der Waals surface area contributed by atoms with Crippen molar-refractivity contribution >= 4 is 27.5 Å². The molecule has 0 fully saturated rings. The van der Waals surface area contributed by atoms with Gasteiger partial charge < -0.3 is 14.5 Å². The number of hydrogen-bond acceptors (Lipinski definition) is 4. The predicted molar refractivity (Wildman–Crippen MR) is 90.2 cm³/mol. The maximum Gasteiger partial charge on any atom is 0.262 e. The van der Waals surface area contributed by atoms with Gasteiger partial charge >= 0.3 is 0 Å². The normalized spacial score (nSPS) is 10.3. The molecule has 6 heteroatoms. The summed E-state index contributed by atoms with van der Waals surface area (Å²) in [6, 6.07) is 14.6. The van der Waals surface area contributed by atoms with Gasteiger partial charge in [-0.25, -0.2) is 4.98 Å². The van der Waals surface area contributed by atoms with Crippen molar-refractivity contribution in [1.29, 1.82) is 0 Å². The molecule has 0 atom stereocenters. The summed E-state index contributed by atoms with van der Waals surface area (Å²) >= 11 is 3.35. The number of oxazole rings is 1. The zero-order valence-corrected chi connectivity index (χ0v) is 13.6. The van der Waals surface area contributed by atoms with Crippen LogP contribution in [0, 0.1) is 0 Å². The lowest BCUT2D eigenvalue weighted by molar-refractivity contribution is -0.118. The minimum absolute atomic E-state index is 0.0613. The molecule has 3 rings (SSSR count). The minimum atomic E-state index is -0.234. The van der Waals surface area contributed by atoms with E-state index < -0.39 is 0 Å². The van der Waals surface area contributed by atoms with Gasteiger partial charge in [0.15, 0.2) is 18.8 Å². The van der Waals surface area contributed by atoms with Crippen LogP contribution < -0.4 is 10.1 Å². The van der Waals surface area contributed by atoms with Crippen LogP contribution in [-0.4, -0.2) is 17.5 Å². The van der Waals surface area contributed by atoms with Crippen LogP contribution in [0.2, 0.25) is 0 Å². The zero-order valence-electron chi connectivity index (χ0n) is 12.0. The summed E-state index contributed by atoms with van der Waals surface area (Å²) in [7, 11) is 0. The molecule has 1 aromatic heterocycles. The van der Waals surface area contributed by atoms with E-state index in [0.717, 1.165) is 10.0 Å². The van der Waals surface area contributed by atoms with Gasteiger partial charge in [0.1, 0.15) is 5.75 Å². The summed E-state index contributed by atoms with van der Waals surface area (Å²) in [5.41, 5.74) is 1.51. The average Bonchev–Trinajstić information content (AvgIpc) is 3.09. The van der Waals surface area contributed by atoms with E-state index >= 15 is 0 Å². The first-order chi connectivity index (χ1) is 11.2. The van der Waals surface area contributed by atoms with Crippen molar-refractivity contribution in [2.45, 2.75) is 0 Å². The Hall–Kier alpha value is -2.60. The lowest BCUT2D eigenvalue weighted by Crippen LogP contribution is -2.20. The molecule has 0 spiro atoms. The molecule has 0 bridgehead atoms. The molecule has 3 aromatic rings. The lowest BCUT2D eigenvalue weighted by atomic mass is 10.1. The van der Waals surface area contributed by atoms with Crippen molar-refractivity contribution in [3.63, 3.8) is 0 Å². The number of halogens is 1. The van der Waals surface area contributed by atoms with Gasteiger partial charge in [0.2, 0.25) is 0 Å². The molecule has 23 heavy (non-hydrogen) atoms. The van der Waals surface area contributed by atoms with Crippen LogP contribution in [0.5, 0.6) is 5.75 Å². The maximum absolute atomic E-state index is 12.0. The fraction of sp³-hybridized carbons (Fsp3) is 0.0588. The van der Waals surface area contributed by atoms with Crippen molar-refractivity contribution in [3.05, 3.63) is 65.6 Å². The Kier molecular flexibility index (Phi) is 4.73. The Morgan fingerprint density at radius 1 is 1.22 bits per heavy atom. The Labute approximate surface area is 141 Å². The Bertz CT molecular complexity index is 786. The standard InChI is InChI=1S/C17H13BrN2O3/c18-13-4-6-15(7-5-13)22-10-17(21)20-14-3-1-2-12(8-14)16-9-19-11-23-16/h1-9,11H,10H2,(H,20,21). The highest BCUT2D eigenvalue weighted by Crippen LogP contribution is 2.22. The van der Waals surface area contributed by atoms with Gasteiger partial charge in [-0.3, -0.25) is 4.79 Å². The van der Waals surface area contributed by atoms with E-state index in [4.69, 9.17) is 9.15 Å². The van der Waals surface area contributed by atoms with Gasteiger partial charge in [-0.1, -0.05) is 28.1 Å². The van der Waals surface area contributed by atoms with Crippen molar-refractivity contribution in [2.24, 2.45) is 0 Å². The first-order valence-electron chi connectivity index (χ1n) is 6.88. The monoisotopic (exact) mass is 372 g/mol. The summed E-state index contributed by atoms with van der Waals surface area (Å²) < 4.78 is 11.6. The van der Waals surface area contributed by atoms with Crippen molar-refractivity contribution in [3.8, 4) is 17.1 Å². The summed E-state index contributed by atoms with van der Waals surface area (Å²) in [6.45, 7) is -0.0613. The lowest BCUT2D eigenvalue weighted by Gasteiger charge is -2.08. The highest BCUT2D eigenvalue weighted by molar-refractivity contribution is 9.10. The molecule has 5 nitrogen and oxygen atoms in total. The highest BCUT2D eigenvalue weighted by Gasteiger charge is 2.06. The van der Waals surface area contributed by atoms with Gasteiger partial charge in [0.05, 0.1) is 6.20 Å². The molecule has 116 valence electrons. The van der Waals surface area contributed by atoms with Gasteiger partial charge in [0.25, 0.3) is 5.91 Å². The number of carbonyl (C=O) groups is 1. The molecule has 1 heterocycles. The topological polar surface area (TPSA) is 64.4 Å². The van der Waals surface area contributed by atoms with Gasteiger partial charge in [-0.15, -0.1) is 0 Å². The molecule has 0 aliphatic rings. The van der Waals surface area contributed by atoms with Gasteiger partial charge in [-0.05, 0) is 36.4 Å². The van der Waals surface area contributed by atoms with E-state index in [0.29, 0.717) is 17.2 Å². The molecule has 1 amide bonds. The second kappa shape index (κ2) is 7.11. The van der Waals surface area contributed by atoms with Gasteiger partial charge in [0, 0.05) is 15.7 Å². The molecule has 0 aliphatic carbocycles. The number of ether oxygens (including phenoxy) is 1. The quantitative estimate of drug-likeness (QED) is 0.731. The largest absolute Gasteiger partial charge is 0.484 e. The molecular weight excluding hydrogens is 360 g/mol. The number of aromatic nitrogens is 1. The molecule has 1 N–H and O–H groups in total. The first-order valence-corrected chi connectivity index (χ1v) is 7.67.